The highest BCUT2D eigenvalue weighted by Gasteiger charge is 2.29. The van der Waals surface area contributed by atoms with Gasteiger partial charge in [-0.25, -0.2) is 0 Å². The Balaban J connectivity index is 1.17. The van der Waals surface area contributed by atoms with Crippen molar-refractivity contribution in [1.82, 2.24) is 0 Å². The first-order valence-corrected chi connectivity index (χ1v) is 12.5. The van der Waals surface area contributed by atoms with Gasteiger partial charge in [-0.2, -0.15) is 28.5 Å². The zero-order chi connectivity index (χ0) is 28.2. The van der Waals surface area contributed by atoms with Gasteiger partial charge in [-0.15, -0.1) is 5.11 Å². The number of halogens is 3. The topological polar surface area (TPSA) is 80.3 Å². The van der Waals surface area contributed by atoms with E-state index in [2.05, 4.69) is 20.5 Å². The summed E-state index contributed by atoms with van der Waals surface area (Å²) in [5.74, 6) is 1.42. The van der Waals surface area contributed by atoms with Gasteiger partial charge in [0.15, 0.2) is 11.5 Å². The fourth-order valence-corrected chi connectivity index (χ4v) is 4.13. The van der Waals surface area contributed by atoms with Crippen molar-refractivity contribution in [3.05, 3.63) is 114 Å². The van der Waals surface area contributed by atoms with E-state index in [0.717, 1.165) is 39.9 Å². The Hall–Kier alpha value is -5.38. The third kappa shape index (κ3) is 5.96. The van der Waals surface area contributed by atoms with E-state index >= 15 is 0 Å². The van der Waals surface area contributed by atoms with E-state index in [1.165, 1.54) is 12.1 Å². The molecule has 10 heteroatoms. The molecule has 41 heavy (non-hydrogen) atoms. The number of nitrogens with zero attached hydrogens (tertiary/aromatic N) is 5. The van der Waals surface area contributed by atoms with Crippen LogP contribution < -0.4 is 9.47 Å². The van der Waals surface area contributed by atoms with E-state index < -0.39 is 11.7 Å². The smallest absolute Gasteiger partial charge is 0.416 e. The van der Waals surface area contributed by atoms with Crippen molar-refractivity contribution in [1.29, 1.82) is 0 Å². The van der Waals surface area contributed by atoms with Crippen molar-refractivity contribution < 1.29 is 22.6 Å². The fourth-order valence-electron chi connectivity index (χ4n) is 4.13. The lowest BCUT2D eigenvalue weighted by molar-refractivity contribution is -0.137. The van der Waals surface area contributed by atoms with Crippen molar-refractivity contribution in [3.8, 4) is 11.5 Å². The Morgan fingerprint density at radius 3 is 1.80 bits per heavy atom. The van der Waals surface area contributed by atoms with Crippen molar-refractivity contribution in [2.24, 2.45) is 25.4 Å². The lowest BCUT2D eigenvalue weighted by Gasteiger charge is -2.05. The van der Waals surface area contributed by atoms with Gasteiger partial charge in [0.2, 0.25) is 6.79 Å². The van der Waals surface area contributed by atoms with Gasteiger partial charge in [-0.1, -0.05) is 24.3 Å². The number of ether oxygens (including phenoxy) is 2. The van der Waals surface area contributed by atoms with Crippen LogP contribution in [0.15, 0.2) is 129 Å². The van der Waals surface area contributed by atoms with Gasteiger partial charge in [0.25, 0.3) is 0 Å². The van der Waals surface area contributed by atoms with Crippen molar-refractivity contribution in [3.63, 3.8) is 0 Å². The highest BCUT2D eigenvalue weighted by atomic mass is 19.4. The van der Waals surface area contributed by atoms with E-state index in [1.54, 1.807) is 30.5 Å². The molecule has 202 valence electrons. The van der Waals surface area contributed by atoms with Gasteiger partial charge in [-0.05, 0) is 84.4 Å². The molecule has 1 heterocycles. The summed E-state index contributed by atoms with van der Waals surface area (Å²) in [5, 5.41) is 18.7. The molecule has 0 aromatic heterocycles. The van der Waals surface area contributed by atoms with E-state index in [4.69, 9.17) is 14.5 Å². The van der Waals surface area contributed by atoms with Crippen LogP contribution in [0.5, 0.6) is 11.5 Å². The van der Waals surface area contributed by atoms with Gasteiger partial charge < -0.3 is 9.47 Å². The maximum absolute atomic E-state index is 12.7. The summed E-state index contributed by atoms with van der Waals surface area (Å²) in [7, 11) is 0. The Bertz CT molecular complexity index is 1800. The molecule has 0 saturated carbocycles. The predicted molar refractivity (Wildman–Crippen MR) is 150 cm³/mol. The molecule has 6 rings (SSSR count). The standard InChI is InChI=1S/C31H20F3N5O2/c32-31(33,34)21-6-8-22(9-7-21)36-37-23-10-12-24(13-11-23)38-39-28-15-14-27(25-3-1-2-4-26(25)28)35-18-20-5-16-29-30(17-20)41-19-40-29/h1-18H,19H2/b35-18+,37-36+,39-38+. The maximum Gasteiger partial charge on any atom is 0.416 e. The largest absolute Gasteiger partial charge is 0.454 e. The molecular formula is C31H20F3N5O2. The first kappa shape index (κ1) is 25.9. The average molecular weight is 552 g/mol. The minimum Gasteiger partial charge on any atom is -0.454 e. The molecule has 0 unspecified atom stereocenters. The minimum atomic E-state index is -4.39. The second kappa shape index (κ2) is 11.0. The van der Waals surface area contributed by atoms with E-state index in [-0.39, 0.29) is 6.79 Å². The number of alkyl halides is 3. The second-order valence-electron chi connectivity index (χ2n) is 8.98. The molecule has 0 N–H and O–H groups in total. The molecule has 0 atom stereocenters. The SMILES string of the molecule is FC(F)(F)c1ccc(/N=N/c2ccc(/N=N/c3ccc(/N=C/c4ccc5c(c4)OCO5)c4ccccc34)cc2)cc1. The summed E-state index contributed by atoms with van der Waals surface area (Å²) in [6.45, 7) is 0.220. The highest BCUT2D eigenvalue weighted by Crippen LogP contribution is 2.36. The van der Waals surface area contributed by atoms with E-state index in [0.29, 0.717) is 28.5 Å². The maximum atomic E-state index is 12.7. The van der Waals surface area contributed by atoms with Gasteiger partial charge in [0, 0.05) is 17.0 Å². The molecular weight excluding hydrogens is 531 g/mol. The third-order valence-corrected chi connectivity index (χ3v) is 6.23. The molecule has 0 fully saturated rings. The van der Waals surface area contributed by atoms with Crippen molar-refractivity contribution >= 4 is 45.4 Å². The number of fused-ring (bicyclic) bond motifs is 2. The summed E-state index contributed by atoms with van der Waals surface area (Å²) in [6, 6.07) is 28.6. The monoisotopic (exact) mass is 551 g/mol. The van der Waals surface area contributed by atoms with Crippen LogP contribution in [0.25, 0.3) is 10.8 Å². The van der Waals surface area contributed by atoms with Crippen LogP contribution >= 0.6 is 0 Å². The first-order valence-electron chi connectivity index (χ1n) is 12.5. The van der Waals surface area contributed by atoms with Gasteiger partial charge in [0.1, 0.15) is 0 Å². The van der Waals surface area contributed by atoms with Crippen molar-refractivity contribution in [2.45, 2.75) is 6.18 Å². The number of benzene rings is 5. The summed E-state index contributed by atoms with van der Waals surface area (Å²) in [4.78, 5) is 4.69. The van der Waals surface area contributed by atoms with Gasteiger partial charge in [-0.3, -0.25) is 4.99 Å². The Morgan fingerprint density at radius 2 is 1.15 bits per heavy atom. The normalized spacial score (nSPS) is 13.2. The van der Waals surface area contributed by atoms with Crippen LogP contribution in [0.4, 0.5) is 41.6 Å². The lowest BCUT2D eigenvalue weighted by Crippen LogP contribution is -2.03. The van der Waals surface area contributed by atoms with E-state index in [1.807, 2.05) is 54.6 Å². The Labute approximate surface area is 232 Å². The van der Waals surface area contributed by atoms with Crippen LogP contribution in [0.3, 0.4) is 0 Å². The molecule has 0 amide bonds. The molecule has 1 aliphatic rings. The van der Waals surface area contributed by atoms with Crippen LogP contribution in [0.2, 0.25) is 0 Å². The van der Waals surface area contributed by atoms with Gasteiger partial charge in [0.05, 0.1) is 34.0 Å². The Kier molecular flexibility index (Phi) is 6.95. The van der Waals surface area contributed by atoms with Crippen LogP contribution in [-0.4, -0.2) is 13.0 Å². The van der Waals surface area contributed by atoms with Crippen LogP contribution in [0, 0.1) is 0 Å². The number of rotatable bonds is 6. The molecule has 0 bridgehead atoms. The summed E-state index contributed by atoms with van der Waals surface area (Å²) in [5.41, 5.74) is 3.09. The highest BCUT2D eigenvalue weighted by molar-refractivity contribution is 6.01. The molecule has 0 radical (unpaired) electrons. The number of azo groups is 2. The molecule has 0 saturated heterocycles. The summed E-state index contributed by atoms with van der Waals surface area (Å²) >= 11 is 0. The van der Waals surface area contributed by atoms with Crippen molar-refractivity contribution in [2.75, 3.05) is 6.79 Å². The summed E-state index contributed by atoms with van der Waals surface area (Å²) < 4.78 is 48.9. The van der Waals surface area contributed by atoms with Crippen LogP contribution in [-0.2, 0) is 6.18 Å². The third-order valence-electron chi connectivity index (χ3n) is 6.23. The van der Waals surface area contributed by atoms with Crippen LogP contribution in [0.1, 0.15) is 11.1 Å². The average Bonchev–Trinajstić information content (AvgIpc) is 3.46. The first-order chi connectivity index (χ1) is 19.9. The summed E-state index contributed by atoms with van der Waals surface area (Å²) in [6.07, 6.45) is -2.61. The molecule has 1 aliphatic heterocycles. The second-order valence-corrected chi connectivity index (χ2v) is 8.98. The quantitative estimate of drug-likeness (QED) is 0.155. The lowest BCUT2D eigenvalue weighted by atomic mass is 10.1. The Morgan fingerprint density at radius 1 is 0.585 bits per heavy atom. The molecule has 7 nitrogen and oxygen atoms in total. The predicted octanol–water partition coefficient (Wildman–Crippen LogP) is 10.2. The molecule has 5 aromatic rings. The molecule has 5 aromatic carbocycles. The molecule has 0 spiro atoms. The van der Waals surface area contributed by atoms with E-state index in [9.17, 15) is 13.2 Å². The number of aliphatic imine (C=N–C) groups is 1. The fraction of sp³-hybridized carbons (Fsp3) is 0.0645. The zero-order valence-electron chi connectivity index (χ0n) is 21.3. The molecule has 0 aliphatic carbocycles. The number of hydrogen-bond donors (Lipinski definition) is 0. The number of hydrogen-bond acceptors (Lipinski definition) is 7. The minimum absolute atomic E-state index is 0.220. The van der Waals surface area contributed by atoms with Gasteiger partial charge >= 0.3 is 6.18 Å². The zero-order valence-corrected chi connectivity index (χ0v) is 21.3.